The standard InChI is InChI=1S/C14H19F2NOS/c1-14(7-2-8-19-14)10-17-9-11-3-5-12(6-4-11)18-13(15)16/h3-6,13,17H,2,7-10H2,1H3. The van der Waals surface area contributed by atoms with Crippen LogP contribution in [0.25, 0.3) is 0 Å². The Morgan fingerprint density at radius 3 is 2.68 bits per heavy atom. The van der Waals surface area contributed by atoms with Gasteiger partial charge in [0.15, 0.2) is 0 Å². The van der Waals surface area contributed by atoms with Crippen molar-refractivity contribution in [2.75, 3.05) is 12.3 Å². The SMILES string of the molecule is CC1(CNCc2ccc(OC(F)F)cc2)CCCS1. The van der Waals surface area contributed by atoms with Crippen molar-refractivity contribution in [3.05, 3.63) is 29.8 Å². The van der Waals surface area contributed by atoms with Gasteiger partial charge in [-0.05, 0) is 43.2 Å². The van der Waals surface area contributed by atoms with Gasteiger partial charge in [-0.2, -0.15) is 20.5 Å². The molecule has 1 aromatic rings. The molecular weight excluding hydrogens is 268 g/mol. The normalized spacial score (nSPS) is 22.9. The Labute approximate surface area is 116 Å². The van der Waals surface area contributed by atoms with Gasteiger partial charge in [0.05, 0.1) is 0 Å². The number of alkyl halides is 2. The topological polar surface area (TPSA) is 21.3 Å². The van der Waals surface area contributed by atoms with Crippen molar-refractivity contribution in [1.29, 1.82) is 0 Å². The number of thioether (sulfide) groups is 1. The van der Waals surface area contributed by atoms with Crippen LogP contribution in [0.15, 0.2) is 24.3 Å². The molecule has 0 radical (unpaired) electrons. The number of hydrogen-bond donors (Lipinski definition) is 1. The van der Waals surface area contributed by atoms with Crippen LogP contribution in [0.1, 0.15) is 25.3 Å². The van der Waals surface area contributed by atoms with Gasteiger partial charge in [-0.15, -0.1) is 0 Å². The molecule has 0 saturated carbocycles. The lowest BCUT2D eigenvalue weighted by molar-refractivity contribution is -0.0498. The number of ether oxygens (including phenoxy) is 1. The first kappa shape index (κ1) is 14.6. The Morgan fingerprint density at radius 2 is 2.11 bits per heavy atom. The van der Waals surface area contributed by atoms with E-state index in [2.05, 4.69) is 17.0 Å². The molecule has 2 rings (SSSR count). The molecule has 1 unspecified atom stereocenters. The van der Waals surface area contributed by atoms with E-state index in [1.54, 1.807) is 12.1 Å². The van der Waals surface area contributed by atoms with Crippen molar-refractivity contribution >= 4 is 11.8 Å². The summed E-state index contributed by atoms with van der Waals surface area (Å²) in [6.07, 6.45) is 2.55. The number of halogens is 2. The van der Waals surface area contributed by atoms with Crippen LogP contribution in [0.5, 0.6) is 5.75 Å². The third kappa shape index (κ3) is 4.66. The third-order valence-corrected chi connectivity index (χ3v) is 4.82. The van der Waals surface area contributed by atoms with Crippen LogP contribution >= 0.6 is 11.8 Å². The van der Waals surface area contributed by atoms with Crippen LogP contribution in [0.3, 0.4) is 0 Å². The maximum atomic E-state index is 12.0. The predicted molar refractivity (Wildman–Crippen MR) is 74.9 cm³/mol. The van der Waals surface area contributed by atoms with Gasteiger partial charge >= 0.3 is 6.61 Å². The number of rotatable bonds is 6. The summed E-state index contributed by atoms with van der Waals surface area (Å²) in [7, 11) is 0. The van der Waals surface area contributed by atoms with Gasteiger partial charge in [-0.3, -0.25) is 0 Å². The van der Waals surface area contributed by atoms with Crippen molar-refractivity contribution in [3.8, 4) is 5.75 Å². The minimum Gasteiger partial charge on any atom is -0.435 e. The maximum Gasteiger partial charge on any atom is 0.387 e. The Morgan fingerprint density at radius 1 is 1.37 bits per heavy atom. The molecular formula is C14H19F2NOS. The highest BCUT2D eigenvalue weighted by Crippen LogP contribution is 2.36. The molecule has 0 aromatic heterocycles. The van der Waals surface area contributed by atoms with E-state index in [9.17, 15) is 8.78 Å². The number of nitrogens with one attached hydrogen (secondary N) is 1. The molecule has 1 fully saturated rings. The zero-order valence-electron chi connectivity index (χ0n) is 11.0. The lowest BCUT2D eigenvalue weighted by atomic mass is 10.1. The molecule has 0 spiro atoms. The summed E-state index contributed by atoms with van der Waals surface area (Å²) in [6.45, 7) is 1.26. The van der Waals surface area contributed by atoms with Crippen LogP contribution in [0.4, 0.5) is 8.78 Å². The van der Waals surface area contributed by atoms with Gasteiger partial charge in [-0.1, -0.05) is 12.1 Å². The summed E-state index contributed by atoms with van der Waals surface area (Å²) >= 11 is 2.02. The molecule has 2 nitrogen and oxygen atoms in total. The minimum absolute atomic E-state index is 0.206. The number of hydrogen-bond acceptors (Lipinski definition) is 3. The van der Waals surface area contributed by atoms with E-state index in [1.807, 2.05) is 23.9 Å². The molecule has 1 aliphatic rings. The van der Waals surface area contributed by atoms with Crippen molar-refractivity contribution < 1.29 is 13.5 Å². The summed E-state index contributed by atoms with van der Waals surface area (Å²) in [6, 6.07) is 6.79. The minimum atomic E-state index is -2.76. The molecule has 1 saturated heterocycles. The molecule has 1 N–H and O–H groups in total. The zero-order valence-corrected chi connectivity index (χ0v) is 11.8. The molecule has 0 aliphatic carbocycles. The second-order valence-electron chi connectivity index (χ2n) is 5.03. The zero-order chi connectivity index (χ0) is 13.7. The van der Waals surface area contributed by atoms with Crippen LogP contribution in [0.2, 0.25) is 0 Å². The second-order valence-corrected chi connectivity index (χ2v) is 6.71. The van der Waals surface area contributed by atoms with Gasteiger partial charge in [-0.25, -0.2) is 0 Å². The van der Waals surface area contributed by atoms with E-state index < -0.39 is 6.61 Å². The van der Waals surface area contributed by atoms with Gasteiger partial charge < -0.3 is 10.1 Å². The van der Waals surface area contributed by atoms with E-state index in [-0.39, 0.29) is 5.75 Å². The molecule has 0 bridgehead atoms. The lowest BCUT2D eigenvalue weighted by Crippen LogP contribution is -2.32. The van der Waals surface area contributed by atoms with Crippen molar-refractivity contribution in [1.82, 2.24) is 5.32 Å². The first-order valence-electron chi connectivity index (χ1n) is 6.46. The van der Waals surface area contributed by atoms with Gasteiger partial charge in [0.2, 0.25) is 0 Å². The Kier molecular flexibility index (Phi) is 5.05. The van der Waals surface area contributed by atoms with E-state index >= 15 is 0 Å². The summed E-state index contributed by atoms with van der Waals surface area (Å²) < 4.78 is 28.7. The summed E-state index contributed by atoms with van der Waals surface area (Å²) in [5.74, 6) is 1.45. The highest BCUT2D eigenvalue weighted by molar-refractivity contribution is 8.00. The monoisotopic (exact) mass is 287 g/mol. The summed E-state index contributed by atoms with van der Waals surface area (Å²) in [5, 5.41) is 3.43. The fourth-order valence-electron chi connectivity index (χ4n) is 2.24. The molecule has 106 valence electrons. The molecule has 1 heterocycles. The Bertz CT molecular complexity index is 391. The molecule has 0 amide bonds. The van der Waals surface area contributed by atoms with Gasteiger partial charge in [0.1, 0.15) is 5.75 Å². The van der Waals surface area contributed by atoms with Crippen LogP contribution in [-0.2, 0) is 6.54 Å². The first-order chi connectivity index (χ1) is 9.07. The fourth-order valence-corrected chi connectivity index (χ4v) is 3.51. The molecule has 1 aromatic carbocycles. The largest absolute Gasteiger partial charge is 0.435 e. The average Bonchev–Trinajstić information content (AvgIpc) is 2.78. The first-order valence-corrected chi connectivity index (χ1v) is 7.44. The van der Waals surface area contributed by atoms with Crippen LogP contribution in [-0.4, -0.2) is 23.7 Å². The summed E-state index contributed by atoms with van der Waals surface area (Å²) in [5.41, 5.74) is 1.08. The number of benzene rings is 1. The van der Waals surface area contributed by atoms with Gasteiger partial charge in [0.25, 0.3) is 0 Å². The van der Waals surface area contributed by atoms with Crippen molar-refractivity contribution in [3.63, 3.8) is 0 Å². The Hall–Kier alpha value is -0.810. The van der Waals surface area contributed by atoms with E-state index in [0.717, 1.165) is 18.7 Å². The van der Waals surface area contributed by atoms with E-state index in [4.69, 9.17) is 0 Å². The Balaban J connectivity index is 1.76. The van der Waals surface area contributed by atoms with Crippen molar-refractivity contribution in [2.45, 2.75) is 37.7 Å². The second kappa shape index (κ2) is 6.57. The molecule has 1 atom stereocenters. The highest BCUT2D eigenvalue weighted by Gasteiger charge is 2.28. The maximum absolute atomic E-state index is 12.0. The molecule has 5 heteroatoms. The molecule has 19 heavy (non-hydrogen) atoms. The highest BCUT2D eigenvalue weighted by atomic mass is 32.2. The quantitative estimate of drug-likeness (QED) is 0.862. The fraction of sp³-hybridized carbons (Fsp3) is 0.571. The van der Waals surface area contributed by atoms with Crippen molar-refractivity contribution in [2.24, 2.45) is 0 Å². The van der Waals surface area contributed by atoms with Crippen LogP contribution < -0.4 is 10.1 Å². The smallest absolute Gasteiger partial charge is 0.387 e. The van der Waals surface area contributed by atoms with E-state index in [1.165, 1.54) is 18.6 Å². The summed E-state index contributed by atoms with van der Waals surface area (Å²) in [4.78, 5) is 0. The van der Waals surface area contributed by atoms with E-state index in [0.29, 0.717) is 4.75 Å². The lowest BCUT2D eigenvalue weighted by Gasteiger charge is -2.23. The van der Waals surface area contributed by atoms with Gasteiger partial charge in [0, 0.05) is 17.8 Å². The van der Waals surface area contributed by atoms with Crippen LogP contribution in [0, 0.1) is 0 Å². The predicted octanol–water partition coefficient (Wildman–Crippen LogP) is 3.66. The molecule has 1 aliphatic heterocycles. The average molecular weight is 287 g/mol. The third-order valence-electron chi connectivity index (χ3n) is 3.28.